The van der Waals surface area contributed by atoms with E-state index in [0.29, 0.717) is 35.4 Å². The van der Waals surface area contributed by atoms with Crippen molar-refractivity contribution in [3.63, 3.8) is 0 Å². The predicted octanol–water partition coefficient (Wildman–Crippen LogP) is 4.27. The molecule has 4 aromatic rings. The van der Waals surface area contributed by atoms with Gasteiger partial charge < -0.3 is 19.5 Å². The summed E-state index contributed by atoms with van der Waals surface area (Å²) in [6.45, 7) is 0.454. The van der Waals surface area contributed by atoms with Crippen molar-refractivity contribution >= 4 is 11.9 Å². The van der Waals surface area contributed by atoms with Crippen LogP contribution in [0.1, 0.15) is 15.9 Å². The van der Waals surface area contributed by atoms with Crippen LogP contribution < -0.4 is 19.5 Å². The lowest BCUT2D eigenvalue weighted by atomic mass is 10.2. The molecule has 33 heavy (non-hydrogen) atoms. The van der Waals surface area contributed by atoms with Gasteiger partial charge in [0, 0.05) is 17.7 Å². The second-order valence-electron chi connectivity index (χ2n) is 7.11. The molecule has 0 aliphatic heterocycles. The molecule has 0 saturated heterocycles. The van der Waals surface area contributed by atoms with Crippen LogP contribution in [-0.4, -0.2) is 42.0 Å². The molecule has 0 aliphatic rings. The summed E-state index contributed by atoms with van der Waals surface area (Å²) in [6, 6.07) is 22.1. The number of benzene rings is 3. The summed E-state index contributed by atoms with van der Waals surface area (Å²) in [5, 5.41) is 7.73. The lowest BCUT2D eigenvalue weighted by Gasteiger charge is -2.10. The van der Waals surface area contributed by atoms with Gasteiger partial charge in [-0.25, -0.2) is 0 Å². The van der Waals surface area contributed by atoms with E-state index in [-0.39, 0.29) is 5.91 Å². The summed E-state index contributed by atoms with van der Waals surface area (Å²) >= 11 is 0. The van der Waals surface area contributed by atoms with E-state index in [4.69, 9.17) is 14.2 Å². The van der Waals surface area contributed by atoms with E-state index in [2.05, 4.69) is 15.4 Å². The third kappa shape index (κ3) is 4.79. The average molecular weight is 444 g/mol. The smallest absolute Gasteiger partial charge is 0.281 e. The molecule has 0 radical (unpaired) electrons. The van der Waals surface area contributed by atoms with Crippen molar-refractivity contribution in [1.82, 2.24) is 14.8 Å². The molecule has 0 amide bonds. The molecular weight excluding hydrogens is 420 g/mol. The Kier molecular flexibility index (Phi) is 6.54. The highest BCUT2D eigenvalue weighted by Gasteiger charge is 2.20. The van der Waals surface area contributed by atoms with Crippen LogP contribution in [0, 0.1) is 0 Å². The Labute approximate surface area is 191 Å². The minimum Gasteiger partial charge on any atom is -0.497 e. The van der Waals surface area contributed by atoms with Gasteiger partial charge in [0.25, 0.3) is 5.91 Å². The fourth-order valence-electron chi connectivity index (χ4n) is 3.29. The van der Waals surface area contributed by atoms with E-state index < -0.39 is 0 Å². The van der Waals surface area contributed by atoms with Crippen molar-refractivity contribution in [2.24, 2.45) is 0 Å². The lowest BCUT2D eigenvalue weighted by molar-refractivity contribution is 0.0947. The Balaban J connectivity index is 1.67. The minimum atomic E-state index is -0.345. The first-order valence-corrected chi connectivity index (χ1v) is 10.3. The maximum atomic E-state index is 13.4. The van der Waals surface area contributed by atoms with E-state index in [9.17, 15) is 4.79 Å². The van der Waals surface area contributed by atoms with Crippen LogP contribution in [0.3, 0.4) is 0 Å². The van der Waals surface area contributed by atoms with Crippen molar-refractivity contribution in [2.75, 3.05) is 26.6 Å². The summed E-state index contributed by atoms with van der Waals surface area (Å²) in [5.74, 6) is 2.21. The average Bonchev–Trinajstić information content (AvgIpc) is 3.31. The summed E-state index contributed by atoms with van der Waals surface area (Å²) in [5.41, 5.74) is 2.21. The monoisotopic (exact) mass is 444 g/mol. The minimum absolute atomic E-state index is 0.337. The first-order chi connectivity index (χ1) is 16.1. The molecule has 168 valence electrons. The Morgan fingerprint density at radius 2 is 1.61 bits per heavy atom. The van der Waals surface area contributed by atoms with Crippen molar-refractivity contribution in [1.29, 1.82) is 0 Å². The fourth-order valence-corrected chi connectivity index (χ4v) is 3.29. The SMILES string of the molecule is COc1ccc(CNc2nc(-c3ccccc3)nn2C(=O)c2ccc(OC)c(OC)c2)cc1. The first-order valence-electron chi connectivity index (χ1n) is 10.3. The number of ether oxygens (including phenoxy) is 3. The topological polar surface area (TPSA) is 87.5 Å². The zero-order chi connectivity index (χ0) is 23.2. The first kappa shape index (κ1) is 21.9. The summed E-state index contributed by atoms with van der Waals surface area (Å²) in [7, 11) is 4.70. The van der Waals surface area contributed by atoms with Gasteiger partial charge in [-0.2, -0.15) is 9.67 Å². The molecule has 0 aliphatic carbocycles. The Morgan fingerprint density at radius 1 is 0.879 bits per heavy atom. The molecule has 1 N–H and O–H groups in total. The zero-order valence-corrected chi connectivity index (χ0v) is 18.6. The second kappa shape index (κ2) is 9.86. The van der Waals surface area contributed by atoms with Crippen LogP contribution >= 0.6 is 0 Å². The number of nitrogens with one attached hydrogen (secondary N) is 1. The van der Waals surface area contributed by atoms with Gasteiger partial charge in [0.1, 0.15) is 5.75 Å². The van der Waals surface area contributed by atoms with Gasteiger partial charge in [0.05, 0.1) is 21.3 Å². The normalized spacial score (nSPS) is 10.5. The van der Waals surface area contributed by atoms with Gasteiger partial charge in [-0.1, -0.05) is 42.5 Å². The maximum Gasteiger partial charge on any atom is 0.281 e. The van der Waals surface area contributed by atoms with Crippen molar-refractivity contribution in [2.45, 2.75) is 6.54 Å². The van der Waals surface area contributed by atoms with Crippen molar-refractivity contribution in [3.05, 3.63) is 83.9 Å². The van der Waals surface area contributed by atoms with Gasteiger partial charge in [0.2, 0.25) is 5.95 Å². The summed E-state index contributed by atoms with van der Waals surface area (Å²) in [6.07, 6.45) is 0. The molecular formula is C25H24N4O4. The molecule has 1 aromatic heterocycles. The highest BCUT2D eigenvalue weighted by atomic mass is 16.5. The predicted molar refractivity (Wildman–Crippen MR) is 125 cm³/mol. The summed E-state index contributed by atoms with van der Waals surface area (Å²) in [4.78, 5) is 18.0. The van der Waals surface area contributed by atoms with Crippen molar-refractivity contribution in [3.8, 4) is 28.6 Å². The number of nitrogens with zero attached hydrogens (tertiary/aromatic N) is 3. The van der Waals surface area contributed by atoms with E-state index in [1.165, 1.54) is 11.8 Å². The van der Waals surface area contributed by atoms with Crippen LogP contribution in [0.25, 0.3) is 11.4 Å². The van der Waals surface area contributed by atoms with Gasteiger partial charge in [-0.15, -0.1) is 5.10 Å². The number of carbonyl (C=O) groups is 1. The van der Waals surface area contributed by atoms with Crippen LogP contribution in [0.5, 0.6) is 17.2 Å². The van der Waals surface area contributed by atoms with Gasteiger partial charge in [-0.3, -0.25) is 4.79 Å². The fraction of sp³-hybridized carbons (Fsp3) is 0.160. The maximum absolute atomic E-state index is 13.4. The van der Waals surface area contributed by atoms with E-state index >= 15 is 0 Å². The number of aromatic nitrogens is 3. The van der Waals surface area contributed by atoms with Gasteiger partial charge >= 0.3 is 0 Å². The number of anilines is 1. The van der Waals surface area contributed by atoms with Crippen LogP contribution in [0.2, 0.25) is 0 Å². The summed E-state index contributed by atoms with van der Waals surface area (Å²) < 4.78 is 17.1. The molecule has 0 bridgehead atoms. The molecule has 0 unspecified atom stereocenters. The van der Waals surface area contributed by atoms with E-state index in [0.717, 1.165) is 16.9 Å². The van der Waals surface area contributed by atoms with E-state index in [1.807, 2.05) is 54.6 Å². The highest BCUT2D eigenvalue weighted by molar-refractivity contribution is 5.97. The van der Waals surface area contributed by atoms with Crippen LogP contribution in [-0.2, 0) is 6.54 Å². The number of hydrogen-bond donors (Lipinski definition) is 1. The molecule has 0 saturated carbocycles. The lowest BCUT2D eigenvalue weighted by Crippen LogP contribution is -2.17. The molecule has 4 rings (SSSR count). The van der Waals surface area contributed by atoms with Crippen molar-refractivity contribution < 1.29 is 19.0 Å². The molecule has 8 nitrogen and oxygen atoms in total. The Hall–Kier alpha value is -4.33. The number of methoxy groups -OCH3 is 3. The zero-order valence-electron chi connectivity index (χ0n) is 18.6. The standard InChI is InChI=1S/C25H24N4O4/c1-31-20-12-9-17(10-13-20)16-26-25-27-23(18-7-5-4-6-8-18)28-29(25)24(30)19-11-14-21(32-2)22(15-19)33-3/h4-15H,16H2,1-3H3,(H,26,27,28). The molecule has 0 spiro atoms. The number of rotatable bonds is 8. The molecule has 0 atom stereocenters. The number of hydrogen-bond acceptors (Lipinski definition) is 7. The van der Waals surface area contributed by atoms with Gasteiger partial charge in [-0.05, 0) is 35.9 Å². The molecule has 1 heterocycles. The Bertz CT molecular complexity index is 1240. The largest absolute Gasteiger partial charge is 0.497 e. The Morgan fingerprint density at radius 3 is 2.27 bits per heavy atom. The van der Waals surface area contributed by atoms with Crippen LogP contribution in [0.4, 0.5) is 5.95 Å². The number of carbonyl (C=O) groups excluding carboxylic acids is 1. The third-order valence-corrected chi connectivity index (χ3v) is 5.07. The highest BCUT2D eigenvalue weighted by Crippen LogP contribution is 2.28. The quantitative estimate of drug-likeness (QED) is 0.434. The van der Waals surface area contributed by atoms with E-state index in [1.54, 1.807) is 32.4 Å². The second-order valence-corrected chi connectivity index (χ2v) is 7.11. The molecule has 3 aromatic carbocycles. The third-order valence-electron chi connectivity index (χ3n) is 5.07. The van der Waals surface area contributed by atoms with Gasteiger partial charge in [0.15, 0.2) is 17.3 Å². The van der Waals surface area contributed by atoms with Crippen LogP contribution in [0.15, 0.2) is 72.8 Å². The molecule has 8 heteroatoms. The molecule has 0 fully saturated rings.